The summed E-state index contributed by atoms with van der Waals surface area (Å²) in [4.78, 5) is 2.31. The minimum absolute atomic E-state index is 0.175. The van der Waals surface area contributed by atoms with Gasteiger partial charge in [-0.05, 0) is 30.3 Å². The van der Waals surface area contributed by atoms with Crippen molar-refractivity contribution in [3.63, 3.8) is 0 Å². The molecule has 1 saturated heterocycles. The zero-order valence-electron chi connectivity index (χ0n) is 14.7. The zero-order chi connectivity index (χ0) is 20.8. The molecule has 1 aliphatic heterocycles. The van der Waals surface area contributed by atoms with Gasteiger partial charge in [0.1, 0.15) is 22.9 Å². The topological polar surface area (TPSA) is 83.7 Å². The zero-order valence-corrected chi connectivity index (χ0v) is 15.5. The number of hydrogen-bond acceptors (Lipinski definition) is 7. The van der Waals surface area contributed by atoms with Crippen LogP contribution in [0.4, 0.5) is 29.1 Å². The number of fused-ring (bicyclic) bond motifs is 1. The van der Waals surface area contributed by atoms with E-state index >= 15 is 0 Å². The smallest absolute Gasteiger partial charge is 0.367 e. The first-order valence-corrected chi connectivity index (χ1v) is 9.93. The maximum atomic E-state index is 13.5. The number of piperazine rings is 1. The molecular weight excluding hydrogens is 416 g/mol. The first-order valence-electron chi connectivity index (χ1n) is 8.45. The number of rotatable bonds is 3. The van der Waals surface area contributed by atoms with Crippen LogP contribution in [-0.4, -0.2) is 59.9 Å². The summed E-state index contributed by atoms with van der Waals surface area (Å²) < 4.78 is 77.9. The second-order valence-corrected chi connectivity index (χ2v) is 8.27. The molecule has 13 heteroatoms. The fourth-order valence-electron chi connectivity index (χ4n) is 3.15. The molecule has 1 aliphatic rings. The fourth-order valence-corrected chi connectivity index (χ4v) is 4.14. The number of aromatic nitrogens is 4. The van der Waals surface area contributed by atoms with Crippen LogP contribution in [0.1, 0.15) is 0 Å². The lowest BCUT2D eigenvalue weighted by Crippen LogP contribution is -2.47. The monoisotopic (exact) mass is 430 g/mol. The lowest BCUT2D eigenvalue weighted by Gasteiger charge is -2.37. The minimum atomic E-state index is -5.69. The normalized spacial score (nSPS) is 15.9. The second kappa shape index (κ2) is 6.83. The van der Waals surface area contributed by atoms with E-state index in [4.69, 9.17) is 0 Å². The summed E-state index contributed by atoms with van der Waals surface area (Å²) in [5, 5.41) is 12.0. The molecule has 0 bridgehead atoms. The molecule has 0 spiro atoms. The van der Waals surface area contributed by atoms with Crippen LogP contribution >= 0.6 is 0 Å². The minimum Gasteiger partial charge on any atom is -0.367 e. The van der Waals surface area contributed by atoms with E-state index in [0.29, 0.717) is 30.6 Å². The van der Waals surface area contributed by atoms with E-state index in [1.807, 2.05) is 4.90 Å². The van der Waals surface area contributed by atoms with Gasteiger partial charge in [0.25, 0.3) is 9.84 Å². The summed E-state index contributed by atoms with van der Waals surface area (Å²) >= 11 is 0. The Labute approximate surface area is 162 Å². The van der Waals surface area contributed by atoms with Crippen LogP contribution in [0.2, 0.25) is 0 Å². The highest BCUT2D eigenvalue weighted by molar-refractivity contribution is 7.92. The molecule has 3 heterocycles. The van der Waals surface area contributed by atoms with Crippen LogP contribution in [0, 0.1) is 5.82 Å². The van der Waals surface area contributed by atoms with Crippen molar-refractivity contribution >= 4 is 27.0 Å². The van der Waals surface area contributed by atoms with Crippen LogP contribution in [0.25, 0.3) is 5.65 Å². The van der Waals surface area contributed by atoms with Gasteiger partial charge in [0, 0.05) is 26.2 Å². The number of benzene rings is 1. The molecule has 0 aliphatic carbocycles. The summed E-state index contributed by atoms with van der Waals surface area (Å²) in [5.74, 6) is -0.430. The summed E-state index contributed by atoms with van der Waals surface area (Å²) in [6, 6.07) is 5.89. The van der Waals surface area contributed by atoms with Crippen LogP contribution in [-0.2, 0) is 9.84 Å². The standard InChI is InChI=1S/C16H14F4N6O2S/c17-11-1-2-12(13(9-11)29(27,28)16(18,19)20)24-5-7-25(8-6-24)15-4-3-14-22-21-10-26(14)23-15/h1-4,9-10H,5-8H2. The molecule has 0 radical (unpaired) electrons. The van der Waals surface area contributed by atoms with Gasteiger partial charge in [-0.25, -0.2) is 12.8 Å². The molecule has 154 valence electrons. The van der Waals surface area contributed by atoms with Gasteiger partial charge in [-0.2, -0.15) is 17.7 Å². The predicted molar refractivity (Wildman–Crippen MR) is 94.8 cm³/mol. The fraction of sp³-hybridized carbons (Fsp3) is 0.312. The van der Waals surface area contributed by atoms with E-state index in [1.54, 1.807) is 12.1 Å². The highest BCUT2D eigenvalue weighted by atomic mass is 32.2. The molecule has 0 unspecified atom stereocenters. The number of anilines is 2. The van der Waals surface area contributed by atoms with E-state index in [-0.39, 0.29) is 18.8 Å². The van der Waals surface area contributed by atoms with Crippen molar-refractivity contribution in [2.75, 3.05) is 36.0 Å². The predicted octanol–water partition coefficient (Wildman–Crippen LogP) is 1.88. The van der Waals surface area contributed by atoms with Crippen LogP contribution in [0.3, 0.4) is 0 Å². The van der Waals surface area contributed by atoms with Gasteiger partial charge in [0.15, 0.2) is 5.65 Å². The van der Waals surface area contributed by atoms with Crippen molar-refractivity contribution in [3.8, 4) is 0 Å². The third kappa shape index (κ3) is 3.45. The van der Waals surface area contributed by atoms with Crippen molar-refractivity contribution in [1.29, 1.82) is 0 Å². The number of halogens is 4. The highest BCUT2D eigenvalue weighted by Gasteiger charge is 2.48. The Morgan fingerprint density at radius 1 is 0.966 bits per heavy atom. The van der Waals surface area contributed by atoms with E-state index in [2.05, 4.69) is 15.3 Å². The Morgan fingerprint density at radius 2 is 1.66 bits per heavy atom. The largest absolute Gasteiger partial charge is 0.501 e. The van der Waals surface area contributed by atoms with Crippen molar-refractivity contribution in [2.45, 2.75) is 10.4 Å². The molecule has 0 atom stereocenters. The van der Waals surface area contributed by atoms with Gasteiger partial charge < -0.3 is 9.80 Å². The SMILES string of the molecule is O=S(=O)(c1cc(F)ccc1N1CCN(c2ccc3nncn3n2)CC1)C(F)(F)F. The molecule has 1 fully saturated rings. The van der Waals surface area contributed by atoms with Crippen LogP contribution in [0.15, 0.2) is 41.6 Å². The molecule has 0 saturated carbocycles. The molecule has 4 rings (SSSR count). The number of sulfone groups is 1. The molecule has 3 aromatic rings. The lowest BCUT2D eigenvalue weighted by molar-refractivity contribution is -0.0435. The quantitative estimate of drug-likeness (QED) is 0.587. The molecule has 0 amide bonds. The Balaban J connectivity index is 1.59. The highest BCUT2D eigenvalue weighted by Crippen LogP contribution is 2.36. The summed E-state index contributed by atoms with van der Waals surface area (Å²) in [6.45, 7) is 1.22. The average molecular weight is 430 g/mol. The van der Waals surface area contributed by atoms with Crippen molar-refractivity contribution < 1.29 is 26.0 Å². The summed E-state index contributed by atoms with van der Waals surface area (Å²) in [5.41, 5.74) is -5.12. The number of nitrogens with zero attached hydrogens (tertiary/aromatic N) is 6. The summed E-state index contributed by atoms with van der Waals surface area (Å²) in [7, 11) is -5.69. The Morgan fingerprint density at radius 3 is 2.34 bits per heavy atom. The van der Waals surface area contributed by atoms with E-state index in [9.17, 15) is 26.0 Å². The van der Waals surface area contributed by atoms with Gasteiger partial charge in [0.05, 0.1) is 5.69 Å². The third-order valence-corrected chi connectivity index (χ3v) is 6.12. The molecule has 29 heavy (non-hydrogen) atoms. The molecule has 0 N–H and O–H groups in total. The van der Waals surface area contributed by atoms with Gasteiger partial charge in [-0.15, -0.1) is 15.3 Å². The van der Waals surface area contributed by atoms with Crippen LogP contribution < -0.4 is 9.80 Å². The van der Waals surface area contributed by atoms with E-state index in [0.717, 1.165) is 12.1 Å². The van der Waals surface area contributed by atoms with Crippen molar-refractivity contribution in [3.05, 3.63) is 42.5 Å². The van der Waals surface area contributed by atoms with Crippen molar-refractivity contribution in [2.24, 2.45) is 0 Å². The maximum Gasteiger partial charge on any atom is 0.501 e. The molecule has 1 aromatic carbocycles. The van der Waals surface area contributed by atoms with Crippen molar-refractivity contribution in [1.82, 2.24) is 19.8 Å². The number of alkyl halides is 3. The first kappa shape index (κ1) is 19.4. The Kier molecular flexibility index (Phi) is 4.56. The third-order valence-electron chi connectivity index (χ3n) is 4.61. The number of hydrogen-bond donors (Lipinski definition) is 0. The van der Waals surface area contributed by atoms with Gasteiger partial charge in [-0.1, -0.05) is 0 Å². The summed E-state index contributed by atoms with van der Waals surface area (Å²) in [6.07, 6.45) is 1.45. The van der Waals surface area contributed by atoms with E-state index in [1.165, 1.54) is 15.7 Å². The second-order valence-electron chi connectivity index (χ2n) is 6.36. The van der Waals surface area contributed by atoms with Gasteiger partial charge >= 0.3 is 5.51 Å². The average Bonchev–Trinajstić information content (AvgIpc) is 3.15. The molecule has 2 aromatic heterocycles. The van der Waals surface area contributed by atoms with Gasteiger partial charge in [-0.3, -0.25) is 0 Å². The molecule has 8 nitrogen and oxygen atoms in total. The first-order chi connectivity index (χ1) is 13.7. The van der Waals surface area contributed by atoms with E-state index < -0.39 is 26.1 Å². The Bertz CT molecular complexity index is 1160. The lowest BCUT2D eigenvalue weighted by atomic mass is 10.2. The Hall–Kier alpha value is -2.96. The molecular formula is C16H14F4N6O2S. The maximum absolute atomic E-state index is 13.5. The van der Waals surface area contributed by atoms with Gasteiger partial charge in [0.2, 0.25) is 0 Å². The van der Waals surface area contributed by atoms with Crippen LogP contribution in [0.5, 0.6) is 0 Å².